The largest absolute Gasteiger partial charge is 0.478 e. The lowest BCUT2D eigenvalue weighted by atomic mass is 9.93. The summed E-state index contributed by atoms with van der Waals surface area (Å²) in [5, 5.41) is 27.2. The molecule has 3 N–H and O–H groups in total. The van der Waals surface area contributed by atoms with Gasteiger partial charge in [0.2, 0.25) is 0 Å². The average molecular weight is 285 g/mol. The normalized spacial score (nSPS) is 10.1. The summed E-state index contributed by atoms with van der Waals surface area (Å²) in [5.74, 6) is -3.70. The topological polar surface area (TPSA) is 112 Å². The lowest BCUT2D eigenvalue weighted by Crippen LogP contribution is -2.07. The molecular formula is C15H9O6. The number of carboxylic acid groups (broad SMARTS) is 3. The molecule has 0 spiro atoms. The highest BCUT2D eigenvalue weighted by molar-refractivity contribution is 6.05. The van der Waals surface area contributed by atoms with Gasteiger partial charge in [-0.1, -0.05) is 12.1 Å². The highest BCUT2D eigenvalue weighted by atomic mass is 16.4. The van der Waals surface area contributed by atoms with E-state index in [9.17, 15) is 14.4 Å². The van der Waals surface area contributed by atoms with E-state index < -0.39 is 17.9 Å². The van der Waals surface area contributed by atoms with Crippen LogP contribution in [-0.4, -0.2) is 33.2 Å². The van der Waals surface area contributed by atoms with Gasteiger partial charge in [-0.15, -0.1) is 0 Å². The first kappa shape index (κ1) is 14.3. The van der Waals surface area contributed by atoms with Gasteiger partial charge in [-0.25, -0.2) is 14.4 Å². The summed E-state index contributed by atoms with van der Waals surface area (Å²) in [7, 11) is 0. The summed E-state index contributed by atoms with van der Waals surface area (Å²) in [4.78, 5) is 33.3. The van der Waals surface area contributed by atoms with Gasteiger partial charge in [0, 0.05) is 5.56 Å². The molecule has 2 aromatic carbocycles. The summed E-state index contributed by atoms with van der Waals surface area (Å²) in [6, 6.07) is 10.1. The molecule has 0 saturated carbocycles. The van der Waals surface area contributed by atoms with E-state index in [1.165, 1.54) is 36.4 Å². The van der Waals surface area contributed by atoms with Crippen LogP contribution >= 0.6 is 0 Å². The van der Waals surface area contributed by atoms with Crippen LogP contribution in [0.3, 0.4) is 0 Å². The monoisotopic (exact) mass is 285 g/mol. The Morgan fingerprint density at radius 3 is 1.62 bits per heavy atom. The van der Waals surface area contributed by atoms with Crippen molar-refractivity contribution in [1.82, 2.24) is 0 Å². The van der Waals surface area contributed by atoms with Gasteiger partial charge in [-0.05, 0) is 35.9 Å². The van der Waals surface area contributed by atoms with Gasteiger partial charge < -0.3 is 15.3 Å². The lowest BCUT2D eigenvalue weighted by molar-refractivity contribution is 0.0682. The SMILES string of the molecule is O=C(O)c1ccc(-c2c(C(=O)O)c[c]cc2C(=O)O)cc1. The van der Waals surface area contributed by atoms with E-state index in [0.29, 0.717) is 5.56 Å². The molecule has 6 nitrogen and oxygen atoms in total. The summed E-state index contributed by atoms with van der Waals surface area (Å²) >= 11 is 0. The Bertz CT molecular complexity index is 698. The van der Waals surface area contributed by atoms with Gasteiger partial charge in [0.15, 0.2) is 0 Å². The molecule has 2 rings (SSSR count). The molecule has 6 heteroatoms. The number of benzene rings is 2. The van der Waals surface area contributed by atoms with E-state index in [-0.39, 0.29) is 22.3 Å². The van der Waals surface area contributed by atoms with Gasteiger partial charge in [0.1, 0.15) is 0 Å². The van der Waals surface area contributed by atoms with Crippen LogP contribution in [0.2, 0.25) is 0 Å². The fraction of sp³-hybridized carbons (Fsp3) is 0. The number of aromatic carboxylic acids is 3. The average Bonchev–Trinajstić information content (AvgIpc) is 2.46. The molecule has 0 bridgehead atoms. The van der Waals surface area contributed by atoms with Crippen LogP contribution in [0.1, 0.15) is 31.1 Å². The Hall–Kier alpha value is -3.15. The third kappa shape index (κ3) is 2.74. The van der Waals surface area contributed by atoms with Crippen LogP contribution in [0.15, 0.2) is 36.4 Å². The molecule has 0 atom stereocenters. The van der Waals surface area contributed by atoms with Crippen LogP contribution in [0.25, 0.3) is 11.1 Å². The molecule has 0 aliphatic carbocycles. The van der Waals surface area contributed by atoms with Crippen molar-refractivity contribution in [3.05, 3.63) is 59.2 Å². The molecule has 0 heterocycles. The lowest BCUT2D eigenvalue weighted by Gasteiger charge is -2.10. The minimum absolute atomic E-state index is 0.0192. The van der Waals surface area contributed by atoms with E-state index in [4.69, 9.17) is 15.3 Å². The Kier molecular flexibility index (Phi) is 3.71. The molecule has 0 aliphatic rings. The second-order valence-corrected chi connectivity index (χ2v) is 4.15. The fourth-order valence-corrected chi connectivity index (χ4v) is 1.93. The van der Waals surface area contributed by atoms with Crippen LogP contribution in [-0.2, 0) is 0 Å². The van der Waals surface area contributed by atoms with Crippen molar-refractivity contribution >= 4 is 17.9 Å². The first-order chi connectivity index (χ1) is 9.91. The van der Waals surface area contributed by atoms with E-state index in [2.05, 4.69) is 6.07 Å². The number of hydrogen-bond acceptors (Lipinski definition) is 3. The predicted molar refractivity (Wildman–Crippen MR) is 71.6 cm³/mol. The van der Waals surface area contributed by atoms with Crippen molar-refractivity contribution in [2.45, 2.75) is 0 Å². The van der Waals surface area contributed by atoms with Gasteiger partial charge in [0.25, 0.3) is 0 Å². The van der Waals surface area contributed by atoms with E-state index in [1.807, 2.05) is 0 Å². The molecule has 0 fully saturated rings. The van der Waals surface area contributed by atoms with Gasteiger partial charge >= 0.3 is 17.9 Å². The van der Waals surface area contributed by atoms with E-state index >= 15 is 0 Å². The van der Waals surface area contributed by atoms with Crippen molar-refractivity contribution < 1.29 is 29.7 Å². The quantitative estimate of drug-likeness (QED) is 0.794. The second-order valence-electron chi connectivity index (χ2n) is 4.15. The maximum absolute atomic E-state index is 11.2. The molecule has 0 aliphatic heterocycles. The molecule has 0 saturated heterocycles. The standard InChI is InChI=1S/C15H9O6/c16-13(17)9-6-4-8(5-7-9)12-10(14(18)19)2-1-3-11(12)15(20)21/h2-7H,(H,16,17)(H,18,19)(H,20,21). The second kappa shape index (κ2) is 5.46. The van der Waals surface area contributed by atoms with Crippen molar-refractivity contribution in [2.24, 2.45) is 0 Å². The Morgan fingerprint density at radius 2 is 1.24 bits per heavy atom. The molecule has 2 aromatic rings. The third-order valence-electron chi connectivity index (χ3n) is 2.88. The summed E-state index contributed by atoms with van der Waals surface area (Å²) in [6.45, 7) is 0. The maximum Gasteiger partial charge on any atom is 0.336 e. The Labute approximate surface area is 118 Å². The number of carboxylic acids is 3. The highest BCUT2D eigenvalue weighted by Crippen LogP contribution is 2.28. The van der Waals surface area contributed by atoms with Crippen molar-refractivity contribution in [3.63, 3.8) is 0 Å². The zero-order valence-electron chi connectivity index (χ0n) is 10.5. The van der Waals surface area contributed by atoms with Crippen molar-refractivity contribution in [3.8, 4) is 11.1 Å². The fourth-order valence-electron chi connectivity index (χ4n) is 1.93. The summed E-state index contributed by atoms with van der Waals surface area (Å²) in [6.07, 6.45) is 0. The zero-order chi connectivity index (χ0) is 15.6. The number of carbonyl (C=O) groups is 3. The number of hydrogen-bond donors (Lipinski definition) is 3. The van der Waals surface area contributed by atoms with Gasteiger partial charge in [0.05, 0.1) is 16.7 Å². The molecule has 0 amide bonds. The van der Waals surface area contributed by atoms with Crippen LogP contribution in [0.4, 0.5) is 0 Å². The molecular weight excluding hydrogens is 276 g/mol. The smallest absolute Gasteiger partial charge is 0.336 e. The first-order valence-corrected chi connectivity index (χ1v) is 5.76. The highest BCUT2D eigenvalue weighted by Gasteiger charge is 2.19. The van der Waals surface area contributed by atoms with Crippen molar-refractivity contribution in [1.29, 1.82) is 0 Å². The van der Waals surface area contributed by atoms with Crippen LogP contribution in [0.5, 0.6) is 0 Å². The van der Waals surface area contributed by atoms with Gasteiger partial charge in [-0.3, -0.25) is 0 Å². The first-order valence-electron chi connectivity index (χ1n) is 5.76. The molecule has 0 aromatic heterocycles. The van der Waals surface area contributed by atoms with Crippen LogP contribution in [0, 0.1) is 6.07 Å². The Morgan fingerprint density at radius 1 is 0.762 bits per heavy atom. The number of rotatable bonds is 4. The minimum Gasteiger partial charge on any atom is -0.478 e. The summed E-state index contributed by atoms with van der Waals surface area (Å²) in [5.41, 5.74) is -0.0690. The molecule has 105 valence electrons. The predicted octanol–water partition coefficient (Wildman–Crippen LogP) is 2.25. The zero-order valence-corrected chi connectivity index (χ0v) is 10.5. The maximum atomic E-state index is 11.2. The molecule has 21 heavy (non-hydrogen) atoms. The van der Waals surface area contributed by atoms with E-state index in [1.54, 1.807) is 0 Å². The Balaban J connectivity index is 2.68. The molecule has 0 unspecified atom stereocenters. The van der Waals surface area contributed by atoms with Gasteiger partial charge in [-0.2, -0.15) is 0 Å². The minimum atomic E-state index is -1.29. The van der Waals surface area contributed by atoms with E-state index in [0.717, 1.165) is 0 Å². The third-order valence-corrected chi connectivity index (χ3v) is 2.88. The van der Waals surface area contributed by atoms with Crippen LogP contribution < -0.4 is 0 Å². The van der Waals surface area contributed by atoms with Crippen molar-refractivity contribution in [2.75, 3.05) is 0 Å². The molecule has 1 radical (unpaired) electrons. The summed E-state index contributed by atoms with van der Waals surface area (Å²) < 4.78 is 0.